The van der Waals surface area contributed by atoms with Crippen molar-refractivity contribution in [2.45, 2.75) is 19.5 Å². The van der Waals surface area contributed by atoms with Crippen LogP contribution in [0.2, 0.25) is 5.02 Å². The molecule has 0 bridgehead atoms. The van der Waals surface area contributed by atoms with Crippen LogP contribution in [-0.4, -0.2) is 0 Å². The van der Waals surface area contributed by atoms with Gasteiger partial charge in [-0.15, -0.1) is 0 Å². The summed E-state index contributed by atoms with van der Waals surface area (Å²) in [6.07, 6.45) is 3.44. The lowest BCUT2D eigenvalue weighted by Crippen LogP contribution is -2.17. The van der Waals surface area contributed by atoms with Gasteiger partial charge in [-0.05, 0) is 30.7 Å². The van der Waals surface area contributed by atoms with Crippen LogP contribution in [0.5, 0.6) is 0 Å². The number of halogens is 1. The van der Waals surface area contributed by atoms with Crippen molar-refractivity contribution in [1.82, 2.24) is 5.32 Å². The van der Waals surface area contributed by atoms with Gasteiger partial charge in [-0.1, -0.05) is 23.7 Å². The molecule has 16 heavy (non-hydrogen) atoms. The third-order valence-electron chi connectivity index (χ3n) is 2.56. The lowest BCUT2D eigenvalue weighted by molar-refractivity contribution is 0.547. The number of furan rings is 1. The van der Waals surface area contributed by atoms with Gasteiger partial charge in [-0.25, -0.2) is 0 Å². The third kappa shape index (κ3) is 2.87. The molecule has 0 aliphatic carbocycles. The Morgan fingerprint density at radius 2 is 2.00 bits per heavy atom. The van der Waals surface area contributed by atoms with Crippen molar-refractivity contribution in [3.63, 3.8) is 0 Å². The Morgan fingerprint density at radius 3 is 2.62 bits per heavy atom. The molecule has 0 fully saturated rings. The maximum absolute atomic E-state index is 5.84. The van der Waals surface area contributed by atoms with E-state index in [0.29, 0.717) is 6.04 Å². The first-order chi connectivity index (χ1) is 7.75. The summed E-state index contributed by atoms with van der Waals surface area (Å²) in [6, 6.07) is 10.2. The van der Waals surface area contributed by atoms with Crippen molar-refractivity contribution in [1.29, 1.82) is 0 Å². The Balaban J connectivity index is 1.93. The van der Waals surface area contributed by atoms with Gasteiger partial charge in [0, 0.05) is 23.2 Å². The number of hydrogen-bond donors (Lipinski definition) is 1. The maximum Gasteiger partial charge on any atom is 0.0947 e. The minimum absolute atomic E-state index is 0.298. The Hall–Kier alpha value is -1.25. The fraction of sp³-hybridized carbons (Fsp3) is 0.231. The van der Waals surface area contributed by atoms with E-state index >= 15 is 0 Å². The third-order valence-corrected chi connectivity index (χ3v) is 2.81. The first-order valence-electron chi connectivity index (χ1n) is 5.25. The zero-order valence-corrected chi connectivity index (χ0v) is 9.87. The van der Waals surface area contributed by atoms with E-state index in [0.717, 1.165) is 17.1 Å². The quantitative estimate of drug-likeness (QED) is 0.873. The van der Waals surface area contributed by atoms with Gasteiger partial charge in [0.2, 0.25) is 0 Å². The smallest absolute Gasteiger partial charge is 0.0947 e. The van der Waals surface area contributed by atoms with Crippen LogP contribution >= 0.6 is 11.6 Å². The lowest BCUT2D eigenvalue weighted by Gasteiger charge is -2.13. The summed E-state index contributed by atoms with van der Waals surface area (Å²) in [5.74, 6) is 0. The van der Waals surface area contributed by atoms with Crippen LogP contribution in [0, 0.1) is 0 Å². The molecule has 0 spiro atoms. The predicted molar refractivity (Wildman–Crippen MR) is 65.4 cm³/mol. The molecular formula is C13H14ClNO. The van der Waals surface area contributed by atoms with Gasteiger partial charge in [0.05, 0.1) is 12.5 Å². The molecule has 0 aliphatic rings. The molecule has 1 aromatic heterocycles. The van der Waals surface area contributed by atoms with Crippen LogP contribution in [0.1, 0.15) is 24.1 Å². The van der Waals surface area contributed by atoms with Gasteiger partial charge in [0.25, 0.3) is 0 Å². The van der Waals surface area contributed by atoms with Crippen molar-refractivity contribution in [2.24, 2.45) is 0 Å². The fourth-order valence-electron chi connectivity index (χ4n) is 1.53. The molecule has 3 heteroatoms. The molecule has 1 atom stereocenters. The summed E-state index contributed by atoms with van der Waals surface area (Å²) in [6.45, 7) is 2.93. The van der Waals surface area contributed by atoms with Crippen LogP contribution in [0.4, 0.5) is 0 Å². The predicted octanol–water partition coefficient (Wildman–Crippen LogP) is 3.78. The zero-order valence-electron chi connectivity index (χ0n) is 9.11. The Morgan fingerprint density at radius 1 is 1.25 bits per heavy atom. The molecular weight excluding hydrogens is 222 g/mol. The van der Waals surface area contributed by atoms with Crippen molar-refractivity contribution < 1.29 is 4.42 Å². The number of benzene rings is 1. The Bertz CT molecular complexity index is 422. The van der Waals surface area contributed by atoms with Crippen LogP contribution in [0.3, 0.4) is 0 Å². The molecule has 0 aliphatic heterocycles. The molecule has 0 amide bonds. The number of rotatable bonds is 4. The van der Waals surface area contributed by atoms with Crippen molar-refractivity contribution >= 4 is 11.6 Å². The van der Waals surface area contributed by atoms with Crippen molar-refractivity contribution in [3.05, 3.63) is 59.0 Å². The second kappa shape index (κ2) is 5.19. The van der Waals surface area contributed by atoms with E-state index in [2.05, 4.69) is 12.2 Å². The van der Waals surface area contributed by atoms with Crippen LogP contribution in [0.15, 0.2) is 47.3 Å². The van der Waals surface area contributed by atoms with E-state index in [4.69, 9.17) is 16.0 Å². The van der Waals surface area contributed by atoms with E-state index in [1.165, 1.54) is 5.56 Å². The summed E-state index contributed by atoms with van der Waals surface area (Å²) in [4.78, 5) is 0. The molecule has 84 valence electrons. The minimum Gasteiger partial charge on any atom is -0.472 e. The average molecular weight is 236 g/mol. The normalized spacial score (nSPS) is 12.6. The highest BCUT2D eigenvalue weighted by Crippen LogP contribution is 2.16. The summed E-state index contributed by atoms with van der Waals surface area (Å²) in [5, 5.41) is 4.19. The fourth-order valence-corrected chi connectivity index (χ4v) is 1.66. The van der Waals surface area contributed by atoms with Gasteiger partial charge in [0.15, 0.2) is 0 Å². The highest BCUT2D eigenvalue weighted by Gasteiger charge is 2.04. The number of hydrogen-bond acceptors (Lipinski definition) is 2. The molecule has 1 heterocycles. The molecule has 0 radical (unpaired) electrons. The zero-order chi connectivity index (χ0) is 11.4. The molecule has 2 aromatic rings. The standard InChI is InChI=1S/C13H14ClNO/c1-10(12-2-4-13(14)5-3-12)15-8-11-6-7-16-9-11/h2-7,9-10,15H,8H2,1H3/t10-/m1/s1. The SMILES string of the molecule is C[C@@H](NCc1ccoc1)c1ccc(Cl)cc1. The summed E-state index contributed by atoms with van der Waals surface area (Å²) < 4.78 is 5.01. The molecule has 1 N–H and O–H groups in total. The van der Waals surface area contributed by atoms with Gasteiger partial charge in [-0.3, -0.25) is 0 Å². The highest BCUT2D eigenvalue weighted by atomic mass is 35.5. The second-order valence-electron chi connectivity index (χ2n) is 3.79. The minimum atomic E-state index is 0.298. The highest BCUT2D eigenvalue weighted by molar-refractivity contribution is 6.30. The first-order valence-corrected chi connectivity index (χ1v) is 5.63. The summed E-state index contributed by atoms with van der Waals surface area (Å²) >= 11 is 5.84. The van der Waals surface area contributed by atoms with Crippen molar-refractivity contribution in [2.75, 3.05) is 0 Å². The van der Waals surface area contributed by atoms with E-state index in [9.17, 15) is 0 Å². The van der Waals surface area contributed by atoms with Crippen molar-refractivity contribution in [3.8, 4) is 0 Å². The average Bonchev–Trinajstić information content (AvgIpc) is 2.80. The summed E-state index contributed by atoms with van der Waals surface area (Å²) in [7, 11) is 0. The van der Waals surface area contributed by atoms with Crippen LogP contribution in [0.25, 0.3) is 0 Å². The molecule has 2 rings (SSSR count). The van der Waals surface area contributed by atoms with E-state index in [1.54, 1.807) is 12.5 Å². The van der Waals surface area contributed by atoms with E-state index in [1.807, 2.05) is 30.3 Å². The Kier molecular flexibility index (Phi) is 3.65. The topological polar surface area (TPSA) is 25.2 Å². The lowest BCUT2D eigenvalue weighted by atomic mass is 10.1. The maximum atomic E-state index is 5.84. The molecule has 0 unspecified atom stereocenters. The van der Waals surface area contributed by atoms with E-state index in [-0.39, 0.29) is 0 Å². The van der Waals surface area contributed by atoms with E-state index < -0.39 is 0 Å². The number of nitrogens with one attached hydrogen (secondary N) is 1. The molecule has 2 nitrogen and oxygen atoms in total. The van der Waals surface area contributed by atoms with Crippen LogP contribution < -0.4 is 5.32 Å². The van der Waals surface area contributed by atoms with Gasteiger partial charge in [-0.2, -0.15) is 0 Å². The first kappa shape index (κ1) is 11.2. The monoisotopic (exact) mass is 235 g/mol. The molecule has 0 saturated heterocycles. The van der Waals surface area contributed by atoms with Gasteiger partial charge >= 0.3 is 0 Å². The summed E-state index contributed by atoms with van der Waals surface area (Å²) in [5.41, 5.74) is 2.38. The van der Waals surface area contributed by atoms with Crippen LogP contribution in [-0.2, 0) is 6.54 Å². The second-order valence-corrected chi connectivity index (χ2v) is 4.22. The molecule has 0 saturated carbocycles. The largest absolute Gasteiger partial charge is 0.472 e. The molecule has 1 aromatic carbocycles. The van der Waals surface area contributed by atoms with Gasteiger partial charge < -0.3 is 9.73 Å². The van der Waals surface area contributed by atoms with Gasteiger partial charge in [0.1, 0.15) is 0 Å². The Labute approximate surface area is 100 Å².